The van der Waals surface area contributed by atoms with Crippen LogP contribution in [0.3, 0.4) is 0 Å². The fourth-order valence-electron chi connectivity index (χ4n) is 2.57. The number of carbonyl (C=O) groups excluding carboxylic acids is 1. The molecule has 0 fully saturated rings. The summed E-state index contributed by atoms with van der Waals surface area (Å²) in [6, 6.07) is 13.6. The number of amides is 1. The number of aromatic nitrogens is 1. The van der Waals surface area contributed by atoms with Crippen LogP contribution in [0.2, 0.25) is 4.34 Å². The summed E-state index contributed by atoms with van der Waals surface area (Å²) >= 11 is 7.45. The van der Waals surface area contributed by atoms with Crippen molar-refractivity contribution in [3.63, 3.8) is 0 Å². The molecule has 6 heteroatoms. The molecular formula is C20H19ClN2O2S. The predicted octanol–water partition coefficient (Wildman–Crippen LogP) is 5.20. The summed E-state index contributed by atoms with van der Waals surface area (Å²) in [5, 5.41) is 0. The number of halogens is 1. The van der Waals surface area contributed by atoms with E-state index in [2.05, 4.69) is 11.6 Å². The first kappa shape index (κ1) is 18.4. The van der Waals surface area contributed by atoms with Gasteiger partial charge in [-0.15, -0.1) is 17.9 Å². The van der Waals surface area contributed by atoms with Crippen molar-refractivity contribution in [3.8, 4) is 11.3 Å². The highest BCUT2D eigenvalue weighted by molar-refractivity contribution is 7.16. The Bertz CT molecular complexity index is 873. The van der Waals surface area contributed by atoms with E-state index in [1.807, 2.05) is 42.5 Å². The van der Waals surface area contributed by atoms with Gasteiger partial charge in [-0.3, -0.25) is 4.79 Å². The van der Waals surface area contributed by atoms with Gasteiger partial charge in [0.1, 0.15) is 0 Å². The number of rotatable bonds is 8. The van der Waals surface area contributed by atoms with Crippen molar-refractivity contribution >= 4 is 28.8 Å². The Morgan fingerprint density at radius 3 is 2.77 bits per heavy atom. The minimum absolute atomic E-state index is 0.0360. The lowest BCUT2D eigenvalue weighted by Gasteiger charge is -2.20. The average molecular weight is 387 g/mol. The Labute approximate surface area is 161 Å². The maximum absolute atomic E-state index is 12.6. The number of nitrogens with zero attached hydrogens (tertiary/aromatic N) is 2. The first-order valence-corrected chi connectivity index (χ1v) is 9.48. The minimum atomic E-state index is 0.0360. The lowest BCUT2D eigenvalue weighted by atomic mass is 10.2. The van der Waals surface area contributed by atoms with E-state index in [4.69, 9.17) is 16.0 Å². The Hall–Kier alpha value is -2.37. The van der Waals surface area contributed by atoms with Gasteiger partial charge >= 0.3 is 0 Å². The number of carbonyl (C=O) groups is 1. The molecule has 0 N–H and O–H groups in total. The normalized spacial score (nSPS) is 10.7. The van der Waals surface area contributed by atoms with Crippen molar-refractivity contribution in [1.82, 2.24) is 9.88 Å². The molecule has 3 aromatic rings. The molecule has 0 aliphatic rings. The van der Waals surface area contributed by atoms with E-state index in [9.17, 15) is 4.79 Å². The van der Waals surface area contributed by atoms with E-state index < -0.39 is 0 Å². The zero-order chi connectivity index (χ0) is 18.4. The molecule has 0 bridgehead atoms. The van der Waals surface area contributed by atoms with Crippen molar-refractivity contribution in [1.29, 1.82) is 0 Å². The van der Waals surface area contributed by atoms with E-state index in [1.54, 1.807) is 17.2 Å². The van der Waals surface area contributed by atoms with E-state index >= 15 is 0 Å². The third-order valence-electron chi connectivity index (χ3n) is 3.84. The van der Waals surface area contributed by atoms with Crippen LogP contribution in [0.1, 0.15) is 17.2 Å². The Kier molecular flexibility index (Phi) is 6.26. The van der Waals surface area contributed by atoms with Crippen molar-refractivity contribution < 1.29 is 9.21 Å². The van der Waals surface area contributed by atoms with Crippen LogP contribution in [0, 0.1) is 0 Å². The van der Waals surface area contributed by atoms with E-state index in [1.165, 1.54) is 11.3 Å². The number of aryl methyl sites for hydroxylation is 1. The Morgan fingerprint density at radius 1 is 1.27 bits per heavy atom. The summed E-state index contributed by atoms with van der Waals surface area (Å²) in [7, 11) is 0. The Balaban J connectivity index is 1.59. The van der Waals surface area contributed by atoms with Crippen LogP contribution >= 0.6 is 22.9 Å². The van der Waals surface area contributed by atoms with Gasteiger partial charge in [-0.05, 0) is 12.1 Å². The van der Waals surface area contributed by atoms with Crippen LogP contribution in [-0.4, -0.2) is 22.3 Å². The molecule has 0 atom stereocenters. The second kappa shape index (κ2) is 8.83. The molecule has 0 saturated carbocycles. The summed E-state index contributed by atoms with van der Waals surface area (Å²) in [6.07, 6.45) is 4.22. The van der Waals surface area contributed by atoms with Gasteiger partial charge in [-0.2, -0.15) is 0 Å². The van der Waals surface area contributed by atoms with Gasteiger partial charge in [0.25, 0.3) is 0 Å². The standard InChI is InChI=1S/C20H19ClN2O2S/c1-2-12-23(14-16-8-9-18(21)26-16)20(24)11-10-19-22-13-17(25-19)15-6-4-3-5-7-15/h2-9,13H,1,10-12,14H2. The van der Waals surface area contributed by atoms with Crippen molar-refractivity contribution in [2.24, 2.45) is 0 Å². The number of thiophene rings is 1. The van der Waals surface area contributed by atoms with Gasteiger partial charge in [-0.1, -0.05) is 48.0 Å². The van der Waals surface area contributed by atoms with Crippen LogP contribution in [0.15, 0.2) is 65.7 Å². The quantitative estimate of drug-likeness (QED) is 0.499. The summed E-state index contributed by atoms with van der Waals surface area (Å²) < 4.78 is 6.49. The molecule has 0 aliphatic heterocycles. The van der Waals surface area contributed by atoms with Gasteiger partial charge in [0, 0.05) is 29.8 Å². The molecule has 2 aromatic heterocycles. The molecule has 134 valence electrons. The highest BCUT2D eigenvalue weighted by atomic mass is 35.5. The number of oxazole rings is 1. The second-order valence-electron chi connectivity index (χ2n) is 5.75. The summed E-state index contributed by atoms with van der Waals surface area (Å²) in [5.74, 6) is 1.31. The van der Waals surface area contributed by atoms with Crippen molar-refractivity contribution in [3.05, 3.63) is 76.4 Å². The maximum atomic E-state index is 12.6. The zero-order valence-corrected chi connectivity index (χ0v) is 15.8. The topological polar surface area (TPSA) is 46.3 Å². The third-order valence-corrected chi connectivity index (χ3v) is 5.06. The van der Waals surface area contributed by atoms with E-state index in [-0.39, 0.29) is 5.91 Å². The zero-order valence-electron chi connectivity index (χ0n) is 14.2. The van der Waals surface area contributed by atoms with Gasteiger partial charge < -0.3 is 9.32 Å². The van der Waals surface area contributed by atoms with Crippen LogP contribution in [0.4, 0.5) is 0 Å². The number of benzene rings is 1. The summed E-state index contributed by atoms with van der Waals surface area (Å²) in [4.78, 5) is 19.7. The van der Waals surface area contributed by atoms with Crippen LogP contribution in [0.25, 0.3) is 11.3 Å². The molecule has 0 radical (unpaired) electrons. The van der Waals surface area contributed by atoms with Gasteiger partial charge in [0.2, 0.25) is 5.91 Å². The molecule has 4 nitrogen and oxygen atoms in total. The average Bonchev–Trinajstić information content (AvgIpc) is 3.29. The van der Waals surface area contributed by atoms with Gasteiger partial charge in [-0.25, -0.2) is 4.98 Å². The first-order chi connectivity index (χ1) is 12.7. The van der Waals surface area contributed by atoms with Crippen molar-refractivity contribution in [2.45, 2.75) is 19.4 Å². The first-order valence-electron chi connectivity index (χ1n) is 8.28. The molecule has 2 heterocycles. The lowest BCUT2D eigenvalue weighted by Crippen LogP contribution is -2.30. The largest absolute Gasteiger partial charge is 0.441 e. The SMILES string of the molecule is C=CCN(Cc1ccc(Cl)s1)C(=O)CCc1ncc(-c2ccccc2)o1. The third kappa shape index (κ3) is 4.84. The predicted molar refractivity (Wildman–Crippen MR) is 105 cm³/mol. The van der Waals surface area contributed by atoms with E-state index in [0.717, 1.165) is 14.8 Å². The summed E-state index contributed by atoms with van der Waals surface area (Å²) in [6.45, 7) is 4.76. The highest BCUT2D eigenvalue weighted by Crippen LogP contribution is 2.23. The smallest absolute Gasteiger partial charge is 0.223 e. The van der Waals surface area contributed by atoms with Crippen LogP contribution < -0.4 is 0 Å². The molecule has 1 aromatic carbocycles. The lowest BCUT2D eigenvalue weighted by molar-refractivity contribution is -0.131. The molecule has 26 heavy (non-hydrogen) atoms. The molecule has 0 aliphatic carbocycles. The van der Waals surface area contributed by atoms with Crippen LogP contribution in [0.5, 0.6) is 0 Å². The fraction of sp³-hybridized carbons (Fsp3) is 0.200. The number of hydrogen-bond donors (Lipinski definition) is 0. The molecular weight excluding hydrogens is 368 g/mol. The maximum Gasteiger partial charge on any atom is 0.223 e. The molecule has 0 spiro atoms. The highest BCUT2D eigenvalue weighted by Gasteiger charge is 2.15. The number of hydrogen-bond acceptors (Lipinski definition) is 4. The second-order valence-corrected chi connectivity index (χ2v) is 7.55. The fourth-order valence-corrected chi connectivity index (χ4v) is 3.67. The molecule has 3 rings (SSSR count). The monoisotopic (exact) mass is 386 g/mol. The summed E-state index contributed by atoms with van der Waals surface area (Å²) in [5.41, 5.74) is 0.973. The minimum Gasteiger partial charge on any atom is -0.441 e. The Morgan fingerprint density at radius 2 is 2.08 bits per heavy atom. The van der Waals surface area contributed by atoms with Crippen LogP contribution in [-0.2, 0) is 17.8 Å². The van der Waals surface area contributed by atoms with Crippen molar-refractivity contribution in [2.75, 3.05) is 6.54 Å². The van der Waals surface area contributed by atoms with E-state index in [0.29, 0.717) is 37.6 Å². The molecule has 1 amide bonds. The molecule has 0 saturated heterocycles. The molecule has 0 unspecified atom stereocenters. The van der Waals surface area contributed by atoms with Gasteiger partial charge in [0.05, 0.1) is 17.1 Å². The van der Waals surface area contributed by atoms with Gasteiger partial charge in [0.15, 0.2) is 11.7 Å².